The molecule has 1 aliphatic rings. The minimum absolute atomic E-state index is 0.621. The highest BCUT2D eigenvalue weighted by Gasteiger charge is 2.15. The Hall–Kier alpha value is -0.340. The summed E-state index contributed by atoms with van der Waals surface area (Å²) in [6.45, 7) is 12.6. The van der Waals surface area contributed by atoms with Gasteiger partial charge in [0, 0.05) is 25.2 Å². The molecule has 1 aliphatic heterocycles. The molecular formula is C14H28N2. The van der Waals surface area contributed by atoms with E-state index in [1.165, 1.54) is 25.8 Å². The lowest BCUT2D eigenvalue weighted by molar-refractivity contribution is 0.211. The summed E-state index contributed by atoms with van der Waals surface area (Å²) < 4.78 is 0. The molecule has 1 N–H and O–H groups in total. The van der Waals surface area contributed by atoms with E-state index in [4.69, 9.17) is 0 Å². The first-order valence-corrected chi connectivity index (χ1v) is 6.72. The fourth-order valence-corrected chi connectivity index (χ4v) is 2.16. The van der Waals surface area contributed by atoms with Crippen molar-refractivity contribution in [2.75, 3.05) is 19.6 Å². The van der Waals surface area contributed by atoms with E-state index in [1.807, 2.05) is 0 Å². The quantitative estimate of drug-likeness (QED) is 0.551. The summed E-state index contributed by atoms with van der Waals surface area (Å²) in [5.41, 5.74) is 1.56. The average Bonchev–Trinajstić information content (AvgIpc) is 2.25. The minimum atomic E-state index is 0.621. The number of hydrogen-bond acceptors (Lipinski definition) is 2. The monoisotopic (exact) mass is 224 g/mol. The molecule has 0 aliphatic carbocycles. The predicted molar refractivity (Wildman–Crippen MR) is 71.8 cm³/mol. The van der Waals surface area contributed by atoms with E-state index >= 15 is 0 Å². The molecule has 0 bridgehead atoms. The van der Waals surface area contributed by atoms with Crippen molar-refractivity contribution in [1.82, 2.24) is 10.2 Å². The molecule has 0 aromatic carbocycles. The van der Waals surface area contributed by atoms with Crippen LogP contribution in [0.5, 0.6) is 0 Å². The molecule has 94 valence electrons. The SMILES string of the molecule is CC1=CCN(C(C)CCCNC(C)C)CC1. The second-order valence-electron chi connectivity index (χ2n) is 5.40. The van der Waals surface area contributed by atoms with E-state index in [0.29, 0.717) is 6.04 Å². The topological polar surface area (TPSA) is 15.3 Å². The van der Waals surface area contributed by atoms with Crippen molar-refractivity contribution in [1.29, 1.82) is 0 Å². The van der Waals surface area contributed by atoms with Crippen molar-refractivity contribution in [3.8, 4) is 0 Å². The Kier molecular flexibility index (Phi) is 6.07. The van der Waals surface area contributed by atoms with Crippen LogP contribution in [0.3, 0.4) is 0 Å². The fraction of sp³-hybridized carbons (Fsp3) is 0.857. The zero-order valence-corrected chi connectivity index (χ0v) is 11.4. The summed E-state index contributed by atoms with van der Waals surface area (Å²) in [5.74, 6) is 0. The van der Waals surface area contributed by atoms with Crippen molar-refractivity contribution in [3.63, 3.8) is 0 Å². The average molecular weight is 224 g/mol. The first-order chi connectivity index (χ1) is 7.59. The van der Waals surface area contributed by atoms with Gasteiger partial charge >= 0.3 is 0 Å². The van der Waals surface area contributed by atoms with Crippen LogP contribution in [-0.4, -0.2) is 36.6 Å². The van der Waals surface area contributed by atoms with Crippen molar-refractivity contribution < 1.29 is 0 Å². The summed E-state index contributed by atoms with van der Waals surface area (Å²) >= 11 is 0. The molecule has 0 saturated heterocycles. The van der Waals surface area contributed by atoms with Gasteiger partial charge in [-0.15, -0.1) is 0 Å². The highest BCUT2D eigenvalue weighted by Crippen LogP contribution is 2.14. The maximum absolute atomic E-state index is 3.48. The molecule has 1 heterocycles. The molecule has 1 unspecified atom stereocenters. The van der Waals surface area contributed by atoms with Crippen LogP contribution in [0.1, 0.15) is 47.0 Å². The highest BCUT2D eigenvalue weighted by atomic mass is 15.1. The van der Waals surface area contributed by atoms with Crippen molar-refractivity contribution in [2.24, 2.45) is 0 Å². The number of nitrogens with one attached hydrogen (secondary N) is 1. The van der Waals surface area contributed by atoms with Gasteiger partial charge in [-0.3, -0.25) is 4.90 Å². The summed E-state index contributed by atoms with van der Waals surface area (Å²) in [6, 6.07) is 1.36. The molecule has 1 rings (SSSR count). The predicted octanol–water partition coefficient (Wildman–Crippen LogP) is 2.81. The lowest BCUT2D eigenvalue weighted by atomic mass is 10.1. The Morgan fingerprint density at radius 3 is 2.69 bits per heavy atom. The van der Waals surface area contributed by atoms with Gasteiger partial charge < -0.3 is 5.32 Å². The third-order valence-corrected chi connectivity index (χ3v) is 3.44. The zero-order chi connectivity index (χ0) is 12.0. The fourth-order valence-electron chi connectivity index (χ4n) is 2.16. The standard InChI is InChI=1S/C14H28N2/c1-12(2)15-9-5-6-14(4)16-10-7-13(3)8-11-16/h7,12,14-15H,5-6,8-11H2,1-4H3. The number of nitrogens with zero attached hydrogens (tertiary/aromatic N) is 1. The molecule has 0 aromatic heterocycles. The van der Waals surface area contributed by atoms with Gasteiger partial charge in [0.15, 0.2) is 0 Å². The molecule has 1 atom stereocenters. The number of rotatable bonds is 6. The van der Waals surface area contributed by atoms with Gasteiger partial charge in [-0.25, -0.2) is 0 Å². The van der Waals surface area contributed by atoms with Crippen LogP contribution in [0, 0.1) is 0 Å². The van der Waals surface area contributed by atoms with E-state index < -0.39 is 0 Å². The van der Waals surface area contributed by atoms with Gasteiger partial charge in [0.2, 0.25) is 0 Å². The third kappa shape index (κ3) is 5.13. The molecule has 0 fully saturated rings. The van der Waals surface area contributed by atoms with Gasteiger partial charge in [0.1, 0.15) is 0 Å². The van der Waals surface area contributed by atoms with Gasteiger partial charge in [-0.1, -0.05) is 25.5 Å². The van der Waals surface area contributed by atoms with Crippen molar-refractivity contribution in [3.05, 3.63) is 11.6 Å². The summed E-state index contributed by atoms with van der Waals surface area (Å²) in [5, 5.41) is 3.48. The van der Waals surface area contributed by atoms with Crippen LogP contribution in [0.2, 0.25) is 0 Å². The molecule has 0 aromatic rings. The molecule has 2 nitrogen and oxygen atoms in total. The lowest BCUT2D eigenvalue weighted by Gasteiger charge is -2.31. The molecule has 0 radical (unpaired) electrons. The Balaban J connectivity index is 2.13. The molecule has 16 heavy (non-hydrogen) atoms. The Bertz CT molecular complexity index is 221. The van der Waals surface area contributed by atoms with Crippen LogP contribution in [0.4, 0.5) is 0 Å². The summed E-state index contributed by atoms with van der Waals surface area (Å²) in [4.78, 5) is 2.60. The summed E-state index contributed by atoms with van der Waals surface area (Å²) in [6.07, 6.45) is 6.24. The van der Waals surface area contributed by atoms with Crippen LogP contribution >= 0.6 is 0 Å². The first kappa shape index (κ1) is 13.7. The Labute approximate surface area is 101 Å². The normalized spacial score (nSPS) is 19.9. The third-order valence-electron chi connectivity index (χ3n) is 3.44. The lowest BCUT2D eigenvalue weighted by Crippen LogP contribution is -2.37. The smallest absolute Gasteiger partial charge is 0.0168 e. The second kappa shape index (κ2) is 7.08. The minimum Gasteiger partial charge on any atom is -0.315 e. The number of hydrogen-bond donors (Lipinski definition) is 1. The Morgan fingerprint density at radius 2 is 2.12 bits per heavy atom. The van der Waals surface area contributed by atoms with E-state index in [2.05, 4.69) is 44.0 Å². The largest absolute Gasteiger partial charge is 0.315 e. The zero-order valence-electron chi connectivity index (χ0n) is 11.4. The van der Waals surface area contributed by atoms with Crippen molar-refractivity contribution >= 4 is 0 Å². The van der Waals surface area contributed by atoms with Crippen LogP contribution in [-0.2, 0) is 0 Å². The molecule has 0 saturated carbocycles. The van der Waals surface area contributed by atoms with Gasteiger partial charge in [-0.2, -0.15) is 0 Å². The van der Waals surface area contributed by atoms with Crippen LogP contribution in [0.15, 0.2) is 11.6 Å². The van der Waals surface area contributed by atoms with E-state index in [1.54, 1.807) is 5.57 Å². The highest BCUT2D eigenvalue weighted by molar-refractivity contribution is 5.04. The van der Waals surface area contributed by atoms with E-state index in [-0.39, 0.29) is 0 Å². The van der Waals surface area contributed by atoms with Crippen molar-refractivity contribution in [2.45, 2.75) is 59.0 Å². The van der Waals surface area contributed by atoms with Gasteiger partial charge in [0.05, 0.1) is 0 Å². The molecule has 2 heteroatoms. The summed E-state index contributed by atoms with van der Waals surface area (Å²) in [7, 11) is 0. The van der Waals surface area contributed by atoms with Crippen LogP contribution < -0.4 is 5.32 Å². The Morgan fingerprint density at radius 1 is 1.38 bits per heavy atom. The van der Waals surface area contributed by atoms with Gasteiger partial charge in [0.25, 0.3) is 0 Å². The maximum atomic E-state index is 3.48. The van der Waals surface area contributed by atoms with E-state index in [0.717, 1.165) is 19.1 Å². The molecular weight excluding hydrogens is 196 g/mol. The molecule has 0 amide bonds. The van der Waals surface area contributed by atoms with Gasteiger partial charge in [-0.05, 0) is 39.7 Å². The molecule has 0 spiro atoms. The van der Waals surface area contributed by atoms with E-state index in [9.17, 15) is 0 Å². The van der Waals surface area contributed by atoms with Crippen LogP contribution in [0.25, 0.3) is 0 Å². The first-order valence-electron chi connectivity index (χ1n) is 6.72. The maximum Gasteiger partial charge on any atom is 0.0168 e. The second-order valence-corrected chi connectivity index (χ2v) is 5.40.